The van der Waals surface area contributed by atoms with Gasteiger partial charge in [0.15, 0.2) is 0 Å². The van der Waals surface area contributed by atoms with Crippen LogP contribution in [-0.4, -0.2) is 47.9 Å². The number of nitrogens with zero attached hydrogens (tertiary/aromatic N) is 2. The van der Waals surface area contributed by atoms with E-state index in [1.165, 1.54) is 0 Å². The highest BCUT2D eigenvalue weighted by Gasteiger charge is 2.35. The highest BCUT2D eigenvalue weighted by Crippen LogP contribution is 2.29. The van der Waals surface area contributed by atoms with Crippen LogP contribution in [0, 0.1) is 5.92 Å². The molecule has 4 rings (SSSR count). The van der Waals surface area contributed by atoms with Crippen molar-refractivity contribution in [3.8, 4) is 5.75 Å². The number of carbonyl (C=O) groups is 2. The van der Waals surface area contributed by atoms with Gasteiger partial charge in [0, 0.05) is 50.5 Å². The summed E-state index contributed by atoms with van der Waals surface area (Å²) < 4.78 is 6.29. The van der Waals surface area contributed by atoms with Crippen LogP contribution in [0.3, 0.4) is 0 Å². The third kappa shape index (κ3) is 6.56. The molecule has 0 saturated carbocycles. The molecule has 0 unspecified atom stereocenters. The summed E-state index contributed by atoms with van der Waals surface area (Å²) >= 11 is 12.3. The van der Waals surface area contributed by atoms with Gasteiger partial charge in [-0.1, -0.05) is 65.7 Å². The molecule has 0 bridgehead atoms. The van der Waals surface area contributed by atoms with E-state index in [0.29, 0.717) is 47.4 Å². The van der Waals surface area contributed by atoms with Gasteiger partial charge in [-0.25, -0.2) is 0 Å². The number of piperidine rings is 1. The second kappa shape index (κ2) is 11.6. The maximum Gasteiger partial charge on any atom is 0.255 e. The van der Waals surface area contributed by atoms with Crippen molar-refractivity contribution in [2.45, 2.75) is 25.5 Å². The fourth-order valence-corrected chi connectivity index (χ4v) is 4.71. The van der Waals surface area contributed by atoms with Crippen LogP contribution in [0.2, 0.25) is 10.0 Å². The molecule has 1 aliphatic rings. The molecular weight excluding hydrogens is 483 g/mol. The zero-order valence-electron chi connectivity index (χ0n) is 19.6. The predicted octanol–water partition coefficient (Wildman–Crippen LogP) is 5.95. The average molecular weight is 511 g/mol. The molecule has 2 atom stereocenters. The Morgan fingerprint density at radius 3 is 2.37 bits per heavy atom. The van der Waals surface area contributed by atoms with E-state index in [-0.39, 0.29) is 30.3 Å². The van der Waals surface area contributed by atoms with Crippen molar-refractivity contribution in [3.63, 3.8) is 0 Å². The quantitative estimate of drug-likeness (QED) is 0.394. The largest absolute Gasteiger partial charge is 0.490 e. The second-order valence-electron chi connectivity index (χ2n) is 8.83. The molecule has 0 aromatic heterocycles. The highest BCUT2D eigenvalue weighted by atomic mass is 35.5. The lowest BCUT2D eigenvalue weighted by atomic mass is 9.90. The van der Waals surface area contributed by atoms with Gasteiger partial charge in [-0.15, -0.1) is 0 Å². The number of amides is 2. The van der Waals surface area contributed by atoms with E-state index in [1.54, 1.807) is 53.2 Å². The minimum atomic E-state index is -0.208. The molecule has 0 aliphatic carbocycles. The molecule has 3 aromatic carbocycles. The van der Waals surface area contributed by atoms with E-state index in [2.05, 4.69) is 0 Å². The topological polar surface area (TPSA) is 49.9 Å². The Kier molecular flexibility index (Phi) is 8.32. The lowest BCUT2D eigenvalue weighted by Crippen LogP contribution is -2.49. The zero-order valence-corrected chi connectivity index (χ0v) is 21.1. The Hall–Kier alpha value is -3.02. The van der Waals surface area contributed by atoms with Gasteiger partial charge in [0.25, 0.3) is 5.91 Å². The van der Waals surface area contributed by atoms with Gasteiger partial charge in [0.2, 0.25) is 5.91 Å². The van der Waals surface area contributed by atoms with Gasteiger partial charge >= 0.3 is 0 Å². The molecule has 1 fully saturated rings. The predicted molar refractivity (Wildman–Crippen MR) is 139 cm³/mol. The van der Waals surface area contributed by atoms with Crippen molar-refractivity contribution in [1.82, 2.24) is 9.80 Å². The fourth-order valence-electron chi connectivity index (χ4n) is 4.36. The number of hydrogen-bond acceptors (Lipinski definition) is 3. The van der Waals surface area contributed by atoms with Crippen molar-refractivity contribution >= 4 is 35.0 Å². The Bertz CT molecular complexity index is 1150. The van der Waals surface area contributed by atoms with Gasteiger partial charge < -0.3 is 14.5 Å². The molecule has 1 saturated heterocycles. The van der Waals surface area contributed by atoms with E-state index in [0.717, 1.165) is 5.56 Å². The fraction of sp³-hybridized carbons (Fsp3) is 0.286. The maximum absolute atomic E-state index is 13.2. The van der Waals surface area contributed by atoms with E-state index in [9.17, 15) is 9.59 Å². The maximum atomic E-state index is 13.2. The first-order valence-corrected chi connectivity index (χ1v) is 12.4. The molecule has 2 amide bonds. The molecule has 0 spiro atoms. The van der Waals surface area contributed by atoms with Gasteiger partial charge in [-0.3, -0.25) is 9.59 Å². The first-order valence-electron chi connectivity index (χ1n) is 11.6. The number of hydrogen-bond donors (Lipinski definition) is 0. The third-order valence-corrected chi connectivity index (χ3v) is 6.86. The molecule has 1 heterocycles. The molecule has 0 radical (unpaired) electrons. The Morgan fingerprint density at radius 1 is 0.971 bits per heavy atom. The Balaban J connectivity index is 1.49. The summed E-state index contributed by atoms with van der Waals surface area (Å²) in [5, 5.41) is 1.05. The molecule has 35 heavy (non-hydrogen) atoms. The first kappa shape index (κ1) is 25.1. The van der Waals surface area contributed by atoms with Crippen molar-refractivity contribution in [2.24, 2.45) is 5.92 Å². The summed E-state index contributed by atoms with van der Waals surface area (Å²) in [4.78, 5) is 29.9. The molecule has 3 aromatic rings. The third-order valence-electron chi connectivity index (χ3n) is 6.28. The number of rotatable bonds is 7. The molecule has 5 nitrogen and oxygen atoms in total. The van der Waals surface area contributed by atoms with Crippen LogP contribution in [0.15, 0.2) is 78.9 Å². The minimum Gasteiger partial charge on any atom is -0.490 e. The van der Waals surface area contributed by atoms with Crippen LogP contribution in [-0.2, 0) is 11.3 Å². The number of likely N-dealkylation sites (tertiary alicyclic amines) is 1. The summed E-state index contributed by atoms with van der Waals surface area (Å²) in [7, 11) is 1.81. The van der Waals surface area contributed by atoms with Crippen LogP contribution < -0.4 is 4.74 Å². The standard InChI is InChI=1S/C28H28Cl2N2O3/c1-31(18-20-7-3-2-4-8-20)27(33)17-21-19-32(28(34)24-9-5-6-10-25(24)30)16-15-26(21)35-23-13-11-22(29)12-14-23/h2-14,21,26H,15-19H2,1H3/t21-,26-/m0/s1. The lowest BCUT2D eigenvalue weighted by molar-refractivity contribution is -0.132. The molecule has 7 heteroatoms. The zero-order chi connectivity index (χ0) is 24.8. The number of benzene rings is 3. The van der Waals surface area contributed by atoms with E-state index in [1.807, 2.05) is 42.5 Å². The van der Waals surface area contributed by atoms with Crippen LogP contribution in [0.1, 0.15) is 28.8 Å². The minimum absolute atomic E-state index is 0.00982. The Labute approximate surface area is 216 Å². The lowest BCUT2D eigenvalue weighted by Gasteiger charge is -2.39. The van der Waals surface area contributed by atoms with Crippen LogP contribution in [0.4, 0.5) is 0 Å². The normalized spacial score (nSPS) is 17.6. The average Bonchev–Trinajstić information content (AvgIpc) is 2.87. The number of carbonyl (C=O) groups excluding carboxylic acids is 2. The van der Waals surface area contributed by atoms with Crippen LogP contribution in [0.5, 0.6) is 5.75 Å². The molecule has 182 valence electrons. The van der Waals surface area contributed by atoms with Crippen LogP contribution in [0.25, 0.3) is 0 Å². The summed E-state index contributed by atoms with van der Waals surface area (Å²) in [6.07, 6.45) is 0.674. The number of ether oxygens (including phenoxy) is 1. The van der Waals surface area contributed by atoms with Crippen molar-refractivity contribution in [2.75, 3.05) is 20.1 Å². The highest BCUT2D eigenvalue weighted by molar-refractivity contribution is 6.33. The van der Waals surface area contributed by atoms with Crippen molar-refractivity contribution in [3.05, 3.63) is 100 Å². The summed E-state index contributed by atoms with van der Waals surface area (Å²) in [6.45, 7) is 1.46. The molecular formula is C28H28Cl2N2O3. The van der Waals surface area contributed by atoms with Crippen LogP contribution >= 0.6 is 23.2 Å². The van der Waals surface area contributed by atoms with E-state index in [4.69, 9.17) is 27.9 Å². The van der Waals surface area contributed by atoms with E-state index < -0.39 is 0 Å². The molecule has 0 N–H and O–H groups in total. The van der Waals surface area contributed by atoms with Gasteiger partial charge in [-0.05, 0) is 42.0 Å². The SMILES string of the molecule is CN(Cc1ccccc1)C(=O)C[C@H]1CN(C(=O)c2ccccc2Cl)CC[C@@H]1Oc1ccc(Cl)cc1. The van der Waals surface area contributed by atoms with Gasteiger partial charge in [0.1, 0.15) is 11.9 Å². The second-order valence-corrected chi connectivity index (χ2v) is 9.67. The smallest absolute Gasteiger partial charge is 0.255 e. The first-order chi connectivity index (χ1) is 16.9. The van der Waals surface area contributed by atoms with Gasteiger partial charge in [-0.2, -0.15) is 0 Å². The van der Waals surface area contributed by atoms with Crippen molar-refractivity contribution in [1.29, 1.82) is 0 Å². The van der Waals surface area contributed by atoms with E-state index >= 15 is 0 Å². The summed E-state index contributed by atoms with van der Waals surface area (Å²) in [5.74, 6) is 0.406. The van der Waals surface area contributed by atoms with Crippen molar-refractivity contribution < 1.29 is 14.3 Å². The number of halogens is 2. The Morgan fingerprint density at radius 2 is 1.66 bits per heavy atom. The van der Waals surface area contributed by atoms with Gasteiger partial charge in [0.05, 0.1) is 10.6 Å². The summed E-state index contributed by atoms with van der Waals surface area (Å²) in [5.41, 5.74) is 1.54. The molecule has 1 aliphatic heterocycles. The monoisotopic (exact) mass is 510 g/mol. The summed E-state index contributed by atoms with van der Waals surface area (Å²) in [6, 6.07) is 24.1.